The van der Waals surface area contributed by atoms with Crippen molar-refractivity contribution >= 4 is 35.9 Å². The van der Waals surface area contributed by atoms with Crippen LogP contribution in [0.3, 0.4) is 0 Å². The van der Waals surface area contributed by atoms with E-state index < -0.39 is 0 Å². The van der Waals surface area contributed by atoms with E-state index >= 15 is 0 Å². The first-order chi connectivity index (χ1) is 4.88. The second-order valence-corrected chi connectivity index (χ2v) is 4.21. The molecule has 3 heteroatoms. The van der Waals surface area contributed by atoms with Crippen molar-refractivity contribution in [2.24, 2.45) is 0 Å². The summed E-state index contributed by atoms with van der Waals surface area (Å²) in [6.07, 6.45) is 0. The van der Waals surface area contributed by atoms with E-state index in [4.69, 9.17) is 11.6 Å². The Morgan fingerprint density at radius 3 is 3.10 bits per heavy atom. The Morgan fingerprint density at radius 1 is 1.40 bits per heavy atom. The van der Waals surface area contributed by atoms with E-state index in [0.29, 0.717) is 14.5 Å². The molecule has 0 atom stereocenters. The number of hydrogen-bond donors (Lipinski definition) is 0. The third kappa shape index (κ3) is 0.891. The molecule has 1 heterocycles. The summed E-state index contributed by atoms with van der Waals surface area (Å²) in [4.78, 5) is 4.17. The first-order valence-electron chi connectivity index (χ1n) is 2.85. The number of rotatable bonds is 0. The monoisotopic (exact) mass is 217 g/mol. The maximum atomic E-state index is 5.87. The fraction of sp³-hybridized carbons (Fsp3) is 0. The molecule has 0 unspecified atom stereocenters. The molecule has 2 aromatic rings. The van der Waals surface area contributed by atoms with Crippen molar-refractivity contribution in [3.05, 3.63) is 28.3 Å². The van der Waals surface area contributed by atoms with Gasteiger partial charge in [-0.1, -0.05) is 0 Å². The van der Waals surface area contributed by atoms with Crippen molar-refractivity contribution in [3.8, 4) is 0 Å². The van der Waals surface area contributed by atoms with Crippen LogP contribution in [-0.4, -0.2) is 19.5 Å². The third-order valence-electron chi connectivity index (χ3n) is 1.31. The molecule has 1 nitrogen and oxygen atoms in total. The molecule has 0 fully saturated rings. The van der Waals surface area contributed by atoms with Crippen molar-refractivity contribution in [3.63, 3.8) is 0 Å². The second kappa shape index (κ2) is 2.39. The normalized spacial score (nSPS) is 10.5. The summed E-state index contributed by atoms with van der Waals surface area (Å²) < 4.78 is 1.29. The summed E-state index contributed by atoms with van der Waals surface area (Å²) in [6, 6.07) is 5.92. The van der Waals surface area contributed by atoms with Crippen LogP contribution >= 0.6 is 11.6 Å². The van der Waals surface area contributed by atoms with Crippen LogP contribution in [0.4, 0.5) is 0 Å². The molecule has 0 saturated carbocycles. The predicted molar refractivity (Wildman–Crippen MR) is 43.7 cm³/mol. The van der Waals surface area contributed by atoms with Crippen molar-refractivity contribution in [1.82, 2.24) is 4.98 Å². The van der Waals surface area contributed by atoms with Gasteiger partial charge in [0.2, 0.25) is 0 Å². The number of fused-ring (bicyclic) bond motifs is 1. The van der Waals surface area contributed by atoms with E-state index in [1.54, 1.807) is 0 Å². The van der Waals surface area contributed by atoms with Crippen molar-refractivity contribution in [1.29, 1.82) is 0 Å². The van der Waals surface area contributed by atoms with Crippen molar-refractivity contribution < 1.29 is 0 Å². The Morgan fingerprint density at radius 2 is 2.30 bits per heavy atom. The Hall–Kier alpha value is -0.301. The van der Waals surface area contributed by atoms with E-state index in [-0.39, 0.29) is 0 Å². The minimum absolute atomic E-state index is 0.417. The van der Waals surface area contributed by atoms with Crippen molar-refractivity contribution in [2.75, 3.05) is 0 Å². The van der Waals surface area contributed by atoms with Crippen LogP contribution in [0.25, 0.3) is 9.78 Å². The van der Waals surface area contributed by atoms with Gasteiger partial charge in [-0.3, -0.25) is 0 Å². The molecule has 50 valence electrons. The number of halogens is 1. The SMILES string of the molecule is Clc1cccc2[se]cnc12. The number of hydrogen-bond acceptors (Lipinski definition) is 1. The molecular formula is C7H4ClNSe. The average molecular weight is 217 g/mol. The van der Waals surface area contributed by atoms with Gasteiger partial charge in [0.1, 0.15) is 0 Å². The van der Waals surface area contributed by atoms with Gasteiger partial charge in [-0.25, -0.2) is 0 Å². The molecule has 2 rings (SSSR count). The molecule has 1 aromatic carbocycles. The molecule has 0 radical (unpaired) electrons. The fourth-order valence-corrected chi connectivity index (χ4v) is 2.68. The van der Waals surface area contributed by atoms with Gasteiger partial charge in [-0.05, 0) is 0 Å². The van der Waals surface area contributed by atoms with Gasteiger partial charge in [0.05, 0.1) is 0 Å². The van der Waals surface area contributed by atoms with Crippen LogP contribution < -0.4 is 0 Å². The van der Waals surface area contributed by atoms with Crippen LogP contribution in [0.5, 0.6) is 0 Å². The average Bonchev–Trinajstić information content (AvgIpc) is 2.36. The molecule has 10 heavy (non-hydrogen) atoms. The van der Waals surface area contributed by atoms with Gasteiger partial charge in [0.25, 0.3) is 0 Å². The summed E-state index contributed by atoms with van der Waals surface area (Å²) in [6.45, 7) is 0. The number of aromatic nitrogens is 1. The number of para-hydroxylation sites is 1. The number of benzene rings is 1. The van der Waals surface area contributed by atoms with E-state index in [1.807, 2.05) is 17.2 Å². The van der Waals surface area contributed by atoms with E-state index in [1.165, 1.54) is 4.26 Å². The van der Waals surface area contributed by atoms with Crippen LogP contribution in [0.15, 0.2) is 23.3 Å². The minimum atomic E-state index is 0.417. The summed E-state index contributed by atoms with van der Waals surface area (Å²) >= 11 is 6.28. The summed E-state index contributed by atoms with van der Waals surface area (Å²) in [5.74, 6) is 0. The van der Waals surface area contributed by atoms with Crippen LogP contribution in [-0.2, 0) is 0 Å². The van der Waals surface area contributed by atoms with E-state index in [0.717, 1.165) is 10.5 Å². The molecule has 0 aliphatic heterocycles. The Kier molecular flexibility index (Phi) is 1.53. The first kappa shape index (κ1) is 6.41. The first-order valence-corrected chi connectivity index (χ1v) is 5.08. The van der Waals surface area contributed by atoms with Gasteiger partial charge >= 0.3 is 69.2 Å². The second-order valence-electron chi connectivity index (χ2n) is 1.94. The zero-order valence-corrected chi connectivity index (χ0v) is 7.51. The van der Waals surface area contributed by atoms with Gasteiger partial charge in [-0.2, -0.15) is 0 Å². The molecular weight excluding hydrogens is 212 g/mol. The predicted octanol–water partition coefficient (Wildman–Crippen LogP) is 1.95. The zero-order valence-electron chi connectivity index (χ0n) is 5.04. The van der Waals surface area contributed by atoms with Crippen molar-refractivity contribution in [2.45, 2.75) is 0 Å². The van der Waals surface area contributed by atoms with Gasteiger partial charge < -0.3 is 0 Å². The topological polar surface area (TPSA) is 12.9 Å². The third-order valence-corrected chi connectivity index (χ3v) is 3.28. The van der Waals surface area contributed by atoms with Gasteiger partial charge in [0.15, 0.2) is 0 Å². The molecule has 0 amide bonds. The Balaban J connectivity index is 2.95. The van der Waals surface area contributed by atoms with Gasteiger partial charge in [-0.15, -0.1) is 0 Å². The summed E-state index contributed by atoms with van der Waals surface area (Å²) in [5, 5.41) is 2.72. The fourth-order valence-electron chi connectivity index (χ4n) is 0.852. The molecule has 1 aromatic heterocycles. The maximum absolute atomic E-state index is 5.87. The summed E-state index contributed by atoms with van der Waals surface area (Å²) in [5.41, 5.74) is 0.976. The quantitative estimate of drug-likeness (QED) is 0.614. The zero-order chi connectivity index (χ0) is 6.97. The van der Waals surface area contributed by atoms with E-state index in [2.05, 4.69) is 11.1 Å². The Bertz CT molecular complexity index is 355. The van der Waals surface area contributed by atoms with E-state index in [9.17, 15) is 0 Å². The molecule has 0 spiro atoms. The molecule has 0 aliphatic rings. The molecule has 0 N–H and O–H groups in total. The van der Waals surface area contributed by atoms with Crippen LogP contribution in [0.2, 0.25) is 5.02 Å². The standard InChI is InChI=1S/C7H4ClNSe/c8-5-2-1-3-6-7(5)9-4-10-6/h1-4H. The number of nitrogens with zero attached hydrogens (tertiary/aromatic N) is 1. The van der Waals surface area contributed by atoms with Crippen LogP contribution in [0, 0.1) is 0 Å². The van der Waals surface area contributed by atoms with Crippen LogP contribution in [0.1, 0.15) is 0 Å². The molecule has 0 bridgehead atoms. The molecule has 0 saturated heterocycles. The Labute approximate surface area is 69.4 Å². The molecule has 0 aliphatic carbocycles. The van der Waals surface area contributed by atoms with Gasteiger partial charge in [0, 0.05) is 0 Å². The summed E-state index contributed by atoms with van der Waals surface area (Å²) in [7, 11) is 0.